The van der Waals surface area contributed by atoms with E-state index in [0.717, 1.165) is 44.1 Å². The van der Waals surface area contributed by atoms with Gasteiger partial charge in [0.15, 0.2) is 0 Å². The lowest BCUT2D eigenvalue weighted by atomic mass is 10.1. The minimum absolute atomic E-state index is 0.301. The van der Waals surface area contributed by atoms with Gasteiger partial charge in [0, 0.05) is 43.1 Å². The number of nitrogens with one attached hydrogen (secondary N) is 1. The van der Waals surface area contributed by atoms with E-state index >= 15 is 0 Å². The molecule has 1 N–H and O–H groups in total. The third-order valence-corrected chi connectivity index (χ3v) is 4.35. The van der Waals surface area contributed by atoms with Gasteiger partial charge in [0.05, 0.1) is 6.04 Å². The van der Waals surface area contributed by atoms with Gasteiger partial charge in [0.2, 0.25) is 0 Å². The molecule has 1 aliphatic rings. The van der Waals surface area contributed by atoms with E-state index in [1.165, 1.54) is 5.56 Å². The van der Waals surface area contributed by atoms with Gasteiger partial charge in [-0.3, -0.25) is 4.90 Å². The van der Waals surface area contributed by atoms with Crippen LogP contribution >= 0.6 is 0 Å². The molecule has 1 fully saturated rings. The van der Waals surface area contributed by atoms with Crippen molar-refractivity contribution in [2.75, 3.05) is 40.3 Å². The summed E-state index contributed by atoms with van der Waals surface area (Å²) in [6, 6.07) is 0.612. The quantitative estimate of drug-likeness (QED) is 0.895. The first kappa shape index (κ1) is 16.3. The summed E-state index contributed by atoms with van der Waals surface area (Å²) in [6.45, 7) is 10.7. The van der Waals surface area contributed by atoms with Crippen LogP contribution in [0.1, 0.15) is 49.4 Å². The Morgan fingerprint density at radius 3 is 2.81 bits per heavy atom. The molecule has 0 aliphatic carbocycles. The summed E-state index contributed by atoms with van der Waals surface area (Å²) in [7, 11) is 4.33. The third-order valence-electron chi connectivity index (χ3n) is 4.35. The molecule has 0 amide bonds. The van der Waals surface area contributed by atoms with Crippen LogP contribution in [0, 0.1) is 6.92 Å². The fourth-order valence-electron chi connectivity index (χ4n) is 2.84. The average molecular weight is 291 g/mol. The average Bonchev–Trinajstić information content (AvgIpc) is 2.47. The molecule has 21 heavy (non-hydrogen) atoms. The molecular formula is C16H29N5. The predicted octanol–water partition coefficient (Wildman–Crippen LogP) is 1.76. The zero-order valence-electron chi connectivity index (χ0n) is 14.1. The molecule has 1 aliphatic heterocycles. The van der Waals surface area contributed by atoms with Crippen molar-refractivity contribution in [3.63, 3.8) is 0 Å². The molecule has 2 atom stereocenters. The van der Waals surface area contributed by atoms with Crippen LogP contribution in [0.4, 0.5) is 0 Å². The highest BCUT2D eigenvalue weighted by Crippen LogP contribution is 2.22. The Morgan fingerprint density at radius 1 is 1.38 bits per heavy atom. The van der Waals surface area contributed by atoms with Crippen LogP contribution in [-0.4, -0.2) is 60.0 Å². The van der Waals surface area contributed by atoms with Crippen molar-refractivity contribution in [3.05, 3.63) is 23.3 Å². The van der Waals surface area contributed by atoms with Gasteiger partial charge in [-0.25, -0.2) is 9.97 Å². The van der Waals surface area contributed by atoms with Gasteiger partial charge < -0.3 is 10.2 Å². The first-order valence-electron chi connectivity index (χ1n) is 7.98. The van der Waals surface area contributed by atoms with E-state index in [4.69, 9.17) is 4.98 Å². The summed E-state index contributed by atoms with van der Waals surface area (Å²) in [5.74, 6) is 0.952. The van der Waals surface area contributed by atoms with Gasteiger partial charge >= 0.3 is 0 Å². The highest BCUT2D eigenvalue weighted by Gasteiger charge is 2.26. The predicted molar refractivity (Wildman–Crippen MR) is 86.3 cm³/mol. The van der Waals surface area contributed by atoms with Gasteiger partial charge in [-0.2, -0.15) is 0 Å². The largest absolute Gasteiger partial charge is 0.310 e. The Morgan fingerprint density at radius 2 is 2.14 bits per heavy atom. The smallest absolute Gasteiger partial charge is 0.146 e. The van der Waals surface area contributed by atoms with Crippen LogP contribution in [0.3, 0.4) is 0 Å². The van der Waals surface area contributed by atoms with Crippen LogP contribution in [0.2, 0.25) is 0 Å². The summed E-state index contributed by atoms with van der Waals surface area (Å²) in [4.78, 5) is 14.2. The van der Waals surface area contributed by atoms with Gasteiger partial charge in [0.1, 0.15) is 5.82 Å². The number of nitrogens with zero attached hydrogens (tertiary/aromatic N) is 4. The summed E-state index contributed by atoms with van der Waals surface area (Å²) < 4.78 is 0. The lowest BCUT2D eigenvalue weighted by Crippen LogP contribution is -2.45. The molecule has 2 rings (SSSR count). The summed E-state index contributed by atoms with van der Waals surface area (Å²) in [6.07, 6.45) is 3.15. The molecule has 5 nitrogen and oxygen atoms in total. The summed E-state index contributed by atoms with van der Waals surface area (Å²) in [5.41, 5.74) is 2.30. The minimum Gasteiger partial charge on any atom is -0.310 e. The number of aryl methyl sites for hydroxylation is 1. The molecular weight excluding hydrogens is 262 g/mol. The molecule has 0 aromatic carbocycles. The number of likely N-dealkylation sites (N-methyl/N-ethyl adjacent to an activating group) is 2. The normalized spacial score (nSPS) is 22.4. The highest BCUT2D eigenvalue weighted by molar-refractivity contribution is 5.21. The maximum absolute atomic E-state index is 4.79. The molecule has 0 saturated carbocycles. The van der Waals surface area contributed by atoms with Crippen molar-refractivity contribution in [3.8, 4) is 0 Å². The second-order valence-electron chi connectivity index (χ2n) is 6.20. The van der Waals surface area contributed by atoms with Crippen molar-refractivity contribution in [2.24, 2.45) is 0 Å². The molecule has 5 heteroatoms. The number of aromatic nitrogens is 2. The molecule has 1 aromatic rings. The molecule has 1 saturated heterocycles. The molecule has 118 valence electrons. The van der Waals surface area contributed by atoms with Crippen LogP contribution in [0.5, 0.6) is 0 Å². The second-order valence-corrected chi connectivity index (χ2v) is 6.20. The number of hydrogen-bond acceptors (Lipinski definition) is 5. The molecule has 1 aromatic heterocycles. The van der Waals surface area contributed by atoms with Gasteiger partial charge in [-0.15, -0.1) is 0 Å². The molecule has 0 radical (unpaired) electrons. The third kappa shape index (κ3) is 3.99. The summed E-state index contributed by atoms with van der Waals surface area (Å²) in [5, 5.41) is 3.51. The fourth-order valence-corrected chi connectivity index (χ4v) is 2.84. The minimum atomic E-state index is 0.301. The fraction of sp³-hybridized carbons (Fsp3) is 0.750. The van der Waals surface area contributed by atoms with E-state index in [1.807, 2.05) is 6.20 Å². The monoisotopic (exact) mass is 291 g/mol. The maximum atomic E-state index is 4.79. The number of hydrogen-bond donors (Lipinski definition) is 1. The van der Waals surface area contributed by atoms with E-state index in [0.29, 0.717) is 12.1 Å². The number of rotatable bonds is 5. The molecule has 2 unspecified atom stereocenters. The van der Waals surface area contributed by atoms with Crippen LogP contribution in [0.25, 0.3) is 0 Å². The second kappa shape index (κ2) is 7.29. The van der Waals surface area contributed by atoms with Crippen molar-refractivity contribution >= 4 is 0 Å². The van der Waals surface area contributed by atoms with Gasteiger partial charge in [0.25, 0.3) is 0 Å². The van der Waals surface area contributed by atoms with E-state index in [-0.39, 0.29) is 0 Å². The first-order valence-corrected chi connectivity index (χ1v) is 7.98. The Kier molecular flexibility index (Phi) is 5.67. The van der Waals surface area contributed by atoms with Gasteiger partial charge in [-0.1, -0.05) is 6.92 Å². The van der Waals surface area contributed by atoms with Crippen LogP contribution < -0.4 is 5.32 Å². The maximum Gasteiger partial charge on any atom is 0.146 e. The molecule has 0 bridgehead atoms. The SMILES string of the molecule is CCCNC(C)c1cnc(C2CN(C)CCN2C)nc1C. The van der Waals surface area contributed by atoms with E-state index in [1.54, 1.807) is 0 Å². The van der Waals surface area contributed by atoms with E-state index in [9.17, 15) is 0 Å². The van der Waals surface area contributed by atoms with Crippen molar-refractivity contribution < 1.29 is 0 Å². The lowest BCUT2D eigenvalue weighted by Gasteiger charge is -2.36. The van der Waals surface area contributed by atoms with Crippen molar-refractivity contribution in [2.45, 2.75) is 39.3 Å². The van der Waals surface area contributed by atoms with Crippen LogP contribution in [0.15, 0.2) is 6.20 Å². The molecule has 2 heterocycles. The van der Waals surface area contributed by atoms with Crippen molar-refractivity contribution in [1.29, 1.82) is 0 Å². The zero-order chi connectivity index (χ0) is 15.4. The summed E-state index contributed by atoms with van der Waals surface area (Å²) >= 11 is 0. The van der Waals surface area contributed by atoms with E-state index < -0.39 is 0 Å². The number of piperazine rings is 1. The Bertz CT molecular complexity index is 462. The lowest BCUT2D eigenvalue weighted by molar-refractivity contribution is 0.109. The van der Waals surface area contributed by atoms with Crippen LogP contribution in [-0.2, 0) is 0 Å². The standard InChI is InChI=1S/C16H29N5/c1-6-7-17-12(2)14-10-18-16(19-13(14)3)15-11-20(4)8-9-21(15)5/h10,12,15,17H,6-9,11H2,1-5H3. The Labute approximate surface area is 128 Å². The molecule has 0 spiro atoms. The zero-order valence-corrected chi connectivity index (χ0v) is 14.1. The topological polar surface area (TPSA) is 44.3 Å². The Hall–Kier alpha value is -1.04. The highest BCUT2D eigenvalue weighted by atomic mass is 15.3. The Balaban J connectivity index is 2.14. The van der Waals surface area contributed by atoms with Gasteiger partial charge in [-0.05, 0) is 40.9 Å². The van der Waals surface area contributed by atoms with Crippen molar-refractivity contribution in [1.82, 2.24) is 25.1 Å². The van der Waals surface area contributed by atoms with E-state index in [2.05, 4.69) is 55.0 Å². The first-order chi connectivity index (χ1) is 10.0.